The monoisotopic (exact) mass is 501 g/mol. The average Bonchev–Trinajstić information content (AvgIpc) is 3.15. The summed E-state index contributed by atoms with van der Waals surface area (Å²) < 4.78 is 61.4. The molecule has 3 aromatic rings. The molecular weight excluding hydrogens is 474 g/mol. The number of aldehydes is 1. The standard InChI is InChI=1S/C27H27F4N3O2/c1-36-23-13-18(34-11-9-16(15-35)10-12-34)5-6-21(23)24-17(14-27(29,30)31)3-2-4-19-20(24)7-8-22-25(19)26(28)33-32-22/h5-8,13,15-16H,2-4,9-12,14H2,1H3,(H,32,33). The van der Waals surface area contributed by atoms with Gasteiger partial charge < -0.3 is 14.4 Å². The Kier molecular flexibility index (Phi) is 6.49. The van der Waals surface area contributed by atoms with Gasteiger partial charge in [-0.25, -0.2) is 0 Å². The van der Waals surface area contributed by atoms with Crippen LogP contribution < -0.4 is 9.64 Å². The van der Waals surface area contributed by atoms with E-state index in [0.29, 0.717) is 64.8 Å². The number of ether oxygens (including phenoxy) is 1. The molecule has 0 atom stereocenters. The normalized spacial score (nSPS) is 17.3. The number of carbonyl (C=O) groups is 1. The van der Waals surface area contributed by atoms with Crippen LogP contribution in [0.2, 0.25) is 0 Å². The molecule has 0 saturated carbocycles. The Hall–Kier alpha value is -3.36. The van der Waals surface area contributed by atoms with Crippen LogP contribution in [0, 0.1) is 11.9 Å². The average molecular weight is 502 g/mol. The summed E-state index contributed by atoms with van der Waals surface area (Å²) in [6.45, 7) is 1.43. The van der Waals surface area contributed by atoms with Crippen molar-refractivity contribution >= 4 is 28.4 Å². The third kappa shape index (κ3) is 4.58. The molecule has 2 heterocycles. The van der Waals surface area contributed by atoms with Crippen LogP contribution in [0.15, 0.2) is 35.9 Å². The van der Waals surface area contributed by atoms with E-state index in [0.717, 1.165) is 24.8 Å². The summed E-state index contributed by atoms with van der Waals surface area (Å²) in [5.74, 6) is -0.0676. The zero-order valence-corrected chi connectivity index (χ0v) is 19.9. The molecule has 1 N–H and O–H groups in total. The molecule has 9 heteroatoms. The van der Waals surface area contributed by atoms with Gasteiger partial charge in [0.2, 0.25) is 5.95 Å². The Balaban J connectivity index is 1.66. The molecule has 1 aromatic heterocycles. The van der Waals surface area contributed by atoms with E-state index in [1.807, 2.05) is 12.1 Å². The Morgan fingerprint density at radius 2 is 1.89 bits per heavy atom. The molecule has 190 valence electrons. The molecule has 2 aliphatic rings. The lowest BCUT2D eigenvalue weighted by molar-refractivity contribution is -0.127. The van der Waals surface area contributed by atoms with Crippen LogP contribution in [0.5, 0.6) is 5.75 Å². The van der Waals surface area contributed by atoms with Crippen molar-refractivity contribution in [3.05, 3.63) is 58.5 Å². The minimum atomic E-state index is -4.38. The summed E-state index contributed by atoms with van der Waals surface area (Å²) in [4.78, 5) is 13.3. The predicted octanol–water partition coefficient (Wildman–Crippen LogP) is 6.22. The Labute approximate surface area is 206 Å². The second-order valence-electron chi connectivity index (χ2n) is 9.49. The van der Waals surface area contributed by atoms with E-state index >= 15 is 0 Å². The highest BCUT2D eigenvalue weighted by Gasteiger charge is 2.33. The van der Waals surface area contributed by atoms with Crippen molar-refractivity contribution in [3.8, 4) is 5.75 Å². The van der Waals surface area contributed by atoms with E-state index in [-0.39, 0.29) is 17.9 Å². The number of benzene rings is 2. The highest BCUT2D eigenvalue weighted by molar-refractivity contribution is 5.94. The van der Waals surface area contributed by atoms with Crippen LogP contribution >= 0.6 is 0 Å². The summed E-state index contributed by atoms with van der Waals surface area (Å²) >= 11 is 0. The van der Waals surface area contributed by atoms with Crippen LogP contribution in [0.25, 0.3) is 16.5 Å². The summed E-state index contributed by atoms with van der Waals surface area (Å²) in [5.41, 5.74) is 3.85. The van der Waals surface area contributed by atoms with E-state index in [4.69, 9.17) is 4.74 Å². The quantitative estimate of drug-likeness (QED) is 0.333. The minimum absolute atomic E-state index is 0.0557. The molecule has 0 radical (unpaired) electrons. The smallest absolute Gasteiger partial charge is 0.392 e. The molecule has 5 nitrogen and oxygen atoms in total. The van der Waals surface area contributed by atoms with Crippen molar-refractivity contribution in [2.75, 3.05) is 25.1 Å². The van der Waals surface area contributed by atoms with Gasteiger partial charge >= 0.3 is 6.18 Å². The van der Waals surface area contributed by atoms with E-state index < -0.39 is 18.5 Å². The molecule has 36 heavy (non-hydrogen) atoms. The van der Waals surface area contributed by atoms with Gasteiger partial charge in [0.1, 0.15) is 12.0 Å². The largest absolute Gasteiger partial charge is 0.496 e. The molecule has 0 amide bonds. The molecule has 1 fully saturated rings. The number of aromatic nitrogens is 2. The van der Waals surface area contributed by atoms with Crippen LogP contribution in [-0.4, -0.2) is 42.9 Å². The fourth-order valence-electron chi connectivity index (χ4n) is 5.56. The lowest BCUT2D eigenvalue weighted by atomic mass is 9.87. The number of methoxy groups -OCH3 is 1. The number of piperidine rings is 1. The number of allylic oxidation sites excluding steroid dienone is 1. The number of alkyl halides is 3. The summed E-state index contributed by atoms with van der Waals surface area (Å²) in [5, 5.41) is 6.68. The van der Waals surface area contributed by atoms with Crippen LogP contribution in [-0.2, 0) is 11.2 Å². The maximum absolute atomic E-state index is 14.7. The number of nitrogens with zero attached hydrogens (tertiary/aromatic N) is 2. The highest BCUT2D eigenvalue weighted by atomic mass is 19.4. The third-order valence-electron chi connectivity index (χ3n) is 7.28. The number of carbonyl (C=O) groups excluding carboxylic acids is 1. The predicted molar refractivity (Wildman–Crippen MR) is 130 cm³/mol. The first kappa shape index (κ1) is 24.3. The summed E-state index contributed by atoms with van der Waals surface area (Å²) in [6, 6.07) is 8.92. The number of anilines is 1. The lowest BCUT2D eigenvalue weighted by Gasteiger charge is -2.32. The highest BCUT2D eigenvalue weighted by Crippen LogP contribution is 2.45. The minimum Gasteiger partial charge on any atom is -0.496 e. The maximum atomic E-state index is 14.7. The van der Waals surface area contributed by atoms with E-state index in [1.165, 1.54) is 7.11 Å². The second-order valence-corrected chi connectivity index (χ2v) is 9.49. The number of rotatable bonds is 5. The first-order valence-electron chi connectivity index (χ1n) is 12.1. The molecule has 1 aliphatic carbocycles. The van der Waals surface area contributed by atoms with Gasteiger partial charge in [0.25, 0.3) is 0 Å². The summed E-state index contributed by atoms with van der Waals surface area (Å²) in [7, 11) is 1.50. The van der Waals surface area contributed by atoms with Crippen LogP contribution in [0.3, 0.4) is 0 Å². The molecular formula is C27H27F4N3O2. The van der Waals surface area contributed by atoms with Crippen LogP contribution in [0.4, 0.5) is 23.2 Å². The van der Waals surface area contributed by atoms with Gasteiger partial charge in [0.05, 0.1) is 24.4 Å². The number of H-pyrrole nitrogens is 1. The molecule has 1 saturated heterocycles. The summed E-state index contributed by atoms with van der Waals surface area (Å²) in [6.07, 6.45) is -1.75. The number of fused-ring (bicyclic) bond motifs is 3. The topological polar surface area (TPSA) is 58.2 Å². The van der Waals surface area contributed by atoms with Crippen molar-refractivity contribution in [1.82, 2.24) is 10.2 Å². The molecule has 2 aromatic carbocycles. The lowest BCUT2D eigenvalue weighted by Crippen LogP contribution is -2.34. The molecule has 0 unspecified atom stereocenters. The zero-order chi connectivity index (χ0) is 25.4. The number of nitrogens with one attached hydrogen (secondary N) is 1. The number of aryl methyl sites for hydroxylation is 1. The Morgan fingerprint density at radius 3 is 2.58 bits per heavy atom. The van der Waals surface area contributed by atoms with E-state index in [2.05, 4.69) is 15.1 Å². The van der Waals surface area contributed by atoms with Gasteiger partial charge in [-0.2, -0.15) is 22.7 Å². The van der Waals surface area contributed by atoms with E-state index in [9.17, 15) is 22.4 Å². The fourth-order valence-corrected chi connectivity index (χ4v) is 5.56. The van der Waals surface area contributed by atoms with Gasteiger partial charge in [-0.15, -0.1) is 0 Å². The number of halogens is 4. The van der Waals surface area contributed by atoms with Crippen molar-refractivity contribution in [3.63, 3.8) is 0 Å². The first-order valence-corrected chi connectivity index (χ1v) is 12.1. The Bertz CT molecular complexity index is 1320. The van der Waals surface area contributed by atoms with Gasteiger partial charge in [-0.3, -0.25) is 5.10 Å². The van der Waals surface area contributed by atoms with Gasteiger partial charge in [0, 0.05) is 36.3 Å². The van der Waals surface area contributed by atoms with Crippen molar-refractivity contribution < 1.29 is 27.1 Å². The Morgan fingerprint density at radius 1 is 1.14 bits per heavy atom. The van der Waals surface area contributed by atoms with Gasteiger partial charge in [-0.05, 0) is 67.0 Å². The first-order chi connectivity index (χ1) is 17.3. The molecule has 0 bridgehead atoms. The van der Waals surface area contributed by atoms with Gasteiger partial charge in [-0.1, -0.05) is 11.6 Å². The van der Waals surface area contributed by atoms with Crippen molar-refractivity contribution in [2.45, 2.75) is 44.7 Å². The van der Waals surface area contributed by atoms with Gasteiger partial charge in [0.15, 0.2) is 0 Å². The SMILES string of the molecule is COc1cc(N2CCC(C=O)CC2)ccc1C1=C(CC(F)(F)F)CCCc2c1ccc1n[nH]c(F)c21. The number of hydrogen-bond donors (Lipinski definition) is 1. The van der Waals surface area contributed by atoms with Crippen molar-refractivity contribution in [2.24, 2.45) is 5.92 Å². The third-order valence-corrected chi connectivity index (χ3v) is 7.28. The zero-order valence-electron chi connectivity index (χ0n) is 19.9. The van der Waals surface area contributed by atoms with Crippen molar-refractivity contribution in [1.29, 1.82) is 0 Å². The molecule has 5 rings (SSSR count). The number of aromatic amines is 1. The maximum Gasteiger partial charge on any atom is 0.392 e. The van der Waals surface area contributed by atoms with E-state index in [1.54, 1.807) is 18.2 Å². The number of hydrogen-bond acceptors (Lipinski definition) is 4. The fraction of sp³-hybridized carbons (Fsp3) is 0.407. The molecule has 0 spiro atoms. The molecule has 1 aliphatic heterocycles. The van der Waals surface area contributed by atoms with Crippen LogP contribution in [0.1, 0.15) is 48.8 Å². The second kappa shape index (κ2) is 9.59.